The zero-order valence-corrected chi connectivity index (χ0v) is 10.8. The van der Waals surface area contributed by atoms with Crippen LogP contribution in [-0.2, 0) is 19.2 Å². The molecule has 1 rings (SSSR count). The third-order valence-corrected chi connectivity index (χ3v) is 2.57. The number of hydrogen-bond donors (Lipinski definition) is 4. The Morgan fingerprint density at radius 2 is 1.85 bits per heavy atom. The minimum atomic E-state index is -1.34. The number of aliphatic imine (C=N–C) groups is 1. The quantitative estimate of drug-likeness (QED) is 0.266. The van der Waals surface area contributed by atoms with Crippen LogP contribution in [0, 0.1) is 5.92 Å². The highest BCUT2D eigenvalue weighted by Crippen LogP contribution is 2.05. The van der Waals surface area contributed by atoms with Gasteiger partial charge in [0.25, 0.3) is 0 Å². The molecule has 0 unspecified atom stereocenters. The minimum Gasteiger partial charge on any atom is -0.481 e. The average Bonchev–Trinajstić information content (AvgIpc) is 2.30. The summed E-state index contributed by atoms with van der Waals surface area (Å²) in [5.74, 6) is -5.23. The van der Waals surface area contributed by atoms with Gasteiger partial charge in [-0.05, 0) is 18.6 Å². The molecule has 0 bridgehead atoms. The summed E-state index contributed by atoms with van der Waals surface area (Å²) >= 11 is 4.59. The van der Waals surface area contributed by atoms with Crippen molar-refractivity contribution >= 4 is 47.3 Å². The molecule has 1 atom stereocenters. The maximum absolute atomic E-state index is 11.5. The van der Waals surface area contributed by atoms with Gasteiger partial charge in [0, 0.05) is 12.6 Å². The Hall–Kier alpha value is -2.36. The molecule has 0 spiro atoms. The average molecular weight is 301 g/mol. The number of carboxylic acid groups (broad SMARTS) is 2. The molecule has 1 saturated heterocycles. The first-order chi connectivity index (χ1) is 9.31. The van der Waals surface area contributed by atoms with E-state index in [1.54, 1.807) is 0 Å². The Morgan fingerprint density at radius 1 is 1.30 bits per heavy atom. The van der Waals surface area contributed by atoms with Crippen LogP contribution in [0.2, 0.25) is 0 Å². The van der Waals surface area contributed by atoms with Crippen molar-refractivity contribution < 1.29 is 29.4 Å². The zero-order valence-electron chi connectivity index (χ0n) is 10.0. The maximum atomic E-state index is 11.5. The van der Waals surface area contributed by atoms with Gasteiger partial charge >= 0.3 is 11.9 Å². The monoisotopic (exact) mass is 301 g/mol. The highest BCUT2D eigenvalue weighted by atomic mass is 32.1. The van der Waals surface area contributed by atoms with Crippen molar-refractivity contribution in [3.8, 4) is 0 Å². The van der Waals surface area contributed by atoms with Gasteiger partial charge in [-0.15, -0.1) is 0 Å². The van der Waals surface area contributed by atoms with E-state index >= 15 is 0 Å². The van der Waals surface area contributed by atoms with E-state index in [-0.39, 0.29) is 18.0 Å². The van der Waals surface area contributed by atoms with E-state index in [0.717, 1.165) is 6.21 Å². The van der Waals surface area contributed by atoms with Crippen molar-refractivity contribution in [2.75, 3.05) is 0 Å². The Labute approximate surface area is 118 Å². The number of aliphatic carboxylic acids is 2. The van der Waals surface area contributed by atoms with E-state index in [1.165, 1.54) is 0 Å². The fraction of sp³-hybridized carbons (Fsp3) is 0.400. The van der Waals surface area contributed by atoms with Crippen molar-refractivity contribution in [3.63, 3.8) is 0 Å². The van der Waals surface area contributed by atoms with Crippen LogP contribution in [0.5, 0.6) is 0 Å². The number of carboxylic acids is 2. The van der Waals surface area contributed by atoms with Gasteiger partial charge in [-0.2, -0.15) is 0 Å². The van der Waals surface area contributed by atoms with Crippen molar-refractivity contribution in [3.05, 3.63) is 0 Å². The molecule has 0 aromatic heterocycles. The highest BCUT2D eigenvalue weighted by Gasteiger charge is 2.31. The van der Waals surface area contributed by atoms with Gasteiger partial charge in [0.05, 0.1) is 0 Å². The first-order valence-corrected chi connectivity index (χ1v) is 5.85. The molecular formula is C10H11N3O6S. The molecule has 1 aliphatic heterocycles. The van der Waals surface area contributed by atoms with Gasteiger partial charge in [0.1, 0.15) is 6.04 Å². The minimum absolute atomic E-state index is 0.134. The predicted molar refractivity (Wildman–Crippen MR) is 69.2 cm³/mol. The summed E-state index contributed by atoms with van der Waals surface area (Å²) in [5.41, 5.74) is 0. The summed E-state index contributed by atoms with van der Waals surface area (Å²) < 4.78 is 0. The van der Waals surface area contributed by atoms with E-state index in [9.17, 15) is 19.2 Å². The number of amides is 2. The van der Waals surface area contributed by atoms with Crippen LogP contribution in [0.25, 0.3) is 0 Å². The fourth-order valence-electron chi connectivity index (χ4n) is 1.38. The third kappa shape index (κ3) is 4.39. The normalized spacial score (nSPS) is 17.7. The Morgan fingerprint density at radius 3 is 2.30 bits per heavy atom. The van der Waals surface area contributed by atoms with Gasteiger partial charge in [-0.25, -0.2) is 4.79 Å². The van der Waals surface area contributed by atoms with Crippen molar-refractivity contribution in [2.24, 2.45) is 10.9 Å². The molecule has 9 nitrogen and oxygen atoms in total. The molecule has 0 radical (unpaired) electrons. The van der Waals surface area contributed by atoms with E-state index in [4.69, 9.17) is 10.2 Å². The Bertz CT molecular complexity index is 483. The SMILES string of the molecule is O=C(O)CC[C@H](N=CC1C(=O)NC(=S)NC1=O)C(=O)O. The van der Waals surface area contributed by atoms with E-state index in [0.29, 0.717) is 0 Å². The van der Waals surface area contributed by atoms with Crippen LogP contribution < -0.4 is 10.6 Å². The van der Waals surface area contributed by atoms with Gasteiger partial charge in [-0.3, -0.25) is 19.4 Å². The lowest BCUT2D eigenvalue weighted by Gasteiger charge is -2.19. The highest BCUT2D eigenvalue weighted by molar-refractivity contribution is 7.80. The van der Waals surface area contributed by atoms with E-state index < -0.39 is 35.7 Å². The van der Waals surface area contributed by atoms with Crippen LogP contribution in [0.1, 0.15) is 12.8 Å². The molecule has 1 heterocycles. The topological polar surface area (TPSA) is 145 Å². The number of nitrogens with zero attached hydrogens (tertiary/aromatic N) is 1. The second-order valence-corrected chi connectivity index (χ2v) is 4.28. The fourth-order valence-corrected chi connectivity index (χ4v) is 1.58. The molecule has 0 saturated carbocycles. The number of rotatable bonds is 6. The number of carbonyl (C=O) groups excluding carboxylic acids is 2. The molecule has 4 N–H and O–H groups in total. The molecule has 0 aliphatic carbocycles. The lowest BCUT2D eigenvalue weighted by molar-refractivity contribution is -0.140. The van der Waals surface area contributed by atoms with Crippen LogP contribution in [0.15, 0.2) is 4.99 Å². The Kier molecular flexibility index (Phi) is 5.26. The number of nitrogens with one attached hydrogen (secondary N) is 2. The summed E-state index contributed by atoms with van der Waals surface area (Å²) in [6, 6.07) is -1.33. The summed E-state index contributed by atoms with van der Waals surface area (Å²) in [4.78, 5) is 47.8. The van der Waals surface area contributed by atoms with Crippen LogP contribution >= 0.6 is 12.2 Å². The van der Waals surface area contributed by atoms with E-state index in [2.05, 4.69) is 27.8 Å². The first kappa shape index (κ1) is 15.7. The largest absolute Gasteiger partial charge is 0.481 e. The summed E-state index contributed by atoms with van der Waals surface area (Å²) in [7, 11) is 0. The number of hydrogen-bond acceptors (Lipinski definition) is 6. The van der Waals surface area contributed by atoms with Crippen LogP contribution in [0.3, 0.4) is 0 Å². The standard InChI is InChI=1S/C10H11N3O6S/c14-6(15)2-1-5(9(18)19)11-3-4-7(16)12-10(20)13-8(4)17/h3-5H,1-2H2,(H,14,15)(H,18,19)(H2,12,13,16,17,20)/t5-/m0/s1. The van der Waals surface area contributed by atoms with Gasteiger partial charge in [0.15, 0.2) is 11.0 Å². The van der Waals surface area contributed by atoms with Gasteiger partial charge < -0.3 is 20.8 Å². The van der Waals surface area contributed by atoms with Crippen molar-refractivity contribution in [1.29, 1.82) is 0 Å². The molecule has 1 aliphatic rings. The maximum Gasteiger partial charge on any atom is 0.328 e. The van der Waals surface area contributed by atoms with E-state index in [1.807, 2.05) is 0 Å². The Balaban J connectivity index is 2.74. The van der Waals surface area contributed by atoms with Crippen molar-refractivity contribution in [2.45, 2.75) is 18.9 Å². The van der Waals surface area contributed by atoms with Gasteiger partial charge in [0.2, 0.25) is 11.8 Å². The molecule has 0 aromatic carbocycles. The second-order valence-electron chi connectivity index (χ2n) is 3.87. The second kappa shape index (κ2) is 6.70. The molecular weight excluding hydrogens is 290 g/mol. The van der Waals surface area contributed by atoms with Gasteiger partial charge in [-0.1, -0.05) is 0 Å². The smallest absolute Gasteiger partial charge is 0.328 e. The predicted octanol–water partition coefficient (Wildman–Crippen LogP) is -1.48. The molecule has 20 heavy (non-hydrogen) atoms. The first-order valence-electron chi connectivity index (χ1n) is 5.45. The lowest BCUT2D eigenvalue weighted by atomic mass is 10.1. The summed E-state index contributed by atoms with van der Waals surface area (Å²) in [6.45, 7) is 0. The zero-order chi connectivity index (χ0) is 15.3. The third-order valence-electron chi connectivity index (χ3n) is 2.37. The van der Waals surface area contributed by atoms with Crippen LogP contribution in [0.4, 0.5) is 0 Å². The molecule has 0 aromatic rings. The van der Waals surface area contributed by atoms with Crippen molar-refractivity contribution in [1.82, 2.24) is 10.6 Å². The number of thiocarbonyl (C=S) groups is 1. The molecule has 10 heteroatoms. The molecule has 108 valence electrons. The lowest BCUT2D eigenvalue weighted by Crippen LogP contribution is -2.56. The molecule has 2 amide bonds. The summed E-state index contributed by atoms with van der Waals surface area (Å²) in [5, 5.41) is 21.6. The van der Waals surface area contributed by atoms with Crippen LogP contribution in [-0.4, -0.2) is 51.3 Å². The molecule has 1 fully saturated rings. The number of carbonyl (C=O) groups is 4. The summed E-state index contributed by atoms with van der Waals surface area (Å²) in [6.07, 6.45) is 0.254.